The van der Waals surface area contributed by atoms with Gasteiger partial charge in [-0.2, -0.15) is 0 Å². The fourth-order valence-electron chi connectivity index (χ4n) is 9.36. The van der Waals surface area contributed by atoms with Crippen LogP contribution in [0.5, 0.6) is 0 Å². The van der Waals surface area contributed by atoms with E-state index >= 15 is 0 Å². The van der Waals surface area contributed by atoms with E-state index < -0.39 is 22.7 Å². The zero-order chi connectivity index (χ0) is 24.4. The van der Waals surface area contributed by atoms with Gasteiger partial charge in [0.1, 0.15) is 23.4 Å². The summed E-state index contributed by atoms with van der Waals surface area (Å²) in [5.74, 6) is 0.263. The van der Waals surface area contributed by atoms with Crippen LogP contribution in [0.25, 0.3) is 0 Å². The maximum absolute atomic E-state index is 13.3. The molecule has 0 bridgehead atoms. The van der Waals surface area contributed by atoms with Gasteiger partial charge in [-0.05, 0) is 95.0 Å². The highest BCUT2D eigenvalue weighted by atomic mass is 16.6. The van der Waals surface area contributed by atoms with E-state index in [1.807, 2.05) is 26.8 Å². The summed E-state index contributed by atoms with van der Waals surface area (Å²) in [4.78, 5) is 25.7. The third-order valence-corrected chi connectivity index (χ3v) is 11.6. The van der Waals surface area contributed by atoms with Crippen LogP contribution in [0.3, 0.4) is 0 Å². The van der Waals surface area contributed by atoms with Gasteiger partial charge in [0.05, 0.1) is 11.5 Å². The zero-order valence-electron chi connectivity index (χ0n) is 21.0. The molecule has 11 atom stereocenters. The number of hydrogen-bond acceptors (Lipinski definition) is 6. The van der Waals surface area contributed by atoms with E-state index in [0.29, 0.717) is 24.3 Å². The molecule has 4 aliphatic carbocycles. The number of hydrogen-bond donors (Lipinski definition) is 2. The number of carbonyl (C=O) groups excluding carboxylic acids is 2. The van der Waals surface area contributed by atoms with Crippen LogP contribution in [0.2, 0.25) is 0 Å². The lowest BCUT2D eigenvalue weighted by Gasteiger charge is -2.60. The molecular weight excluding hydrogens is 432 g/mol. The Labute approximate surface area is 201 Å². The van der Waals surface area contributed by atoms with E-state index in [9.17, 15) is 19.8 Å². The van der Waals surface area contributed by atoms with Gasteiger partial charge in [-0.3, -0.25) is 4.79 Å². The van der Waals surface area contributed by atoms with Crippen LogP contribution >= 0.6 is 0 Å². The van der Waals surface area contributed by atoms with Crippen molar-refractivity contribution in [2.24, 2.45) is 34.5 Å². The Hall–Kier alpha value is -1.50. The molecule has 0 aromatic heterocycles. The minimum absolute atomic E-state index is 0.0114. The summed E-state index contributed by atoms with van der Waals surface area (Å²) in [6.07, 6.45) is 7.18. The van der Waals surface area contributed by atoms with Crippen LogP contribution in [0.4, 0.5) is 0 Å². The maximum atomic E-state index is 13.3. The van der Waals surface area contributed by atoms with Crippen molar-refractivity contribution in [3.63, 3.8) is 0 Å². The lowest BCUT2D eigenvalue weighted by molar-refractivity contribution is -0.195. The summed E-state index contributed by atoms with van der Waals surface area (Å²) in [7, 11) is 0. The second-order valence-electron chi connectivity index (χ2n) is 12.8. The second kappa shape index (κ2) is 6.83. The topological polar surface area (TPSA) is 96.4 Å². The summed E-state index contributed by atoms with van der Waals surface area (Å²) in [5.41, 5.74) is -1.60. The Morgan fingerprint density at radius 1 is 1.12 bits per heavy atom. The van der Waals surface area contributed by atoms with Gasteiger partial charge in [-0.25, -0.2) is 4.79 Å². The molecule has 0 spiro atoms. The van der Waals surface area contributed by atoms with E-state index in [0.717, 1.165) is 31.3 Å². The normalized spacial score (nSPS) is 53.3. The Kier molecular flexibility index (Phi) is 4.61. The number of epoxide rings is 1. The Morgan fingerprint density at radius 2 is 1.85 bits per heavy atom. The minimum Gasteiger partial charge on any atom is -0.456 e. The van der Waals surface area contributed by atoms with Crippen molar-refractivity contribution >= 4 is 11.8 Å². The molecule has 0 aromatic carbocycles. The number of ketones is 1. The van der Waals surface area contributed by atoms with Gasteiger partial charge in [-0.1, -0.05) is 18.6 Å². The van der Waals surface area contributed by atoms with Crippen molar-refractivity contribution < 1.29 is 29.3 Å². The molecule has 3 saturated carbocycles. The van der Waals surface area contributed by atoms with Gasteiger partial charge in [0, 0.05) is 12.0 Å². The van der Waals surface area contributed by atoms with Crippen molar-refractivity contribution in [3.05, 3.63) is 23.3 Å². The third kappa shape index (κ3) is 2.58. The van der Waals surface area contributed by atoms with Crippen LogP contribution in [0.1, 0.15) is 73.1 Å². The molecule has 6 aliphatic rings. The van der Waals surface area contributed by atoms with E-state index in [1.165, 1.54) is 0 Å². The number of aliphatic hydroxyl groups is 2. The minimum atomic E-state index is -1.14. The molecule has 0 aromatic rings. The van der Waals surface area contributed by atoms with Crippen LogP contribution in [0.15, 0.2) is 23.3 Å². The SMILES string of the molecule is CC1=C(C)C(=O)OC([C@](C)(O)C2CCC3C4C5OC5[C@@]5(O)CC=CC(=O)[C@]5(C)C4CC[C@@]32C)C1. The van der Waals surface area contributed by atoms with Gasteiger partial charge < -0.3 is 19.7 Å². The van der Waals surface area contributed by atoms with Crippen LogP contribution in [-0.4, -0.2) is 51.5 Å². The van der Waals surface area contributed by atoms with Gasteiger partial charge in [-0.15, -0.1) is 0 Å². The second-order valence-corrected chi connectivity index (χ2v) is 12.8. The van der Waals surface area contributed by atoms with Crippen molar-refractivity contribution in [1.82, 2.24) is 0 Å². The molecule has 2 heterocycles. The summed E-state index contributed by atoms with van der Waals surface area (Å²) in [5, 5.41) is 23.6. The molecule has 6 rings (SSSR count). The lowest BCUT2D eigenvalue weighted by atomic mass is 9.43. The molecule has 186 valence electrons. The number of allylic oxidation sites excluding steroid dienone is 1. The molecule has 6 heteroatoms. The largest absolute Gasteiger partial charge is 0.456 e. The average Bonchev–Trinajstić information content (AvgIpc) is 3.49. The first-order chi connectivity index (χ1) is 15.9. The quantitative estimate of drug-likeness (QED) is 0.474. The van der Waals surface area contributed by atoms with Crippen LogP contribution < -0.4 is 0 Å². The number of rotatable bonds is 2. The number of carbonyl (C=O) groups is 2. The molecule has 0 amide bonds. The molecule has 34 heavy (non-hydrogen) atoms. The first-order valence-corrected chi connectivity index (χ1v) is 13.1. The highest BCUT2D eigenvalue weighted by molar-refractivity contribution is 5.97. The molecule has 2 N–H and O–H groups in total. The van der Waals surface area contributed by atoms with Crippen molar-refractivity contribution in [1.29, 1.82) is 0 Å². The summed E-state index contributed by atoms with van der Waals surface area (Å²) in [6.45, 7) is 9.86. The van der Waals surface area contributed by atoms with Gasteiger partial charge >= 0.3 is 5.97 Å². The lowest BCUT2D eigenvalue weighted by Crippen LogP contribution is -2.67. The number of fused-ring (bicyclic) bond motifs is 8. The predicted octanol–water partition coefficient (Wildman–Crippen LogP) is 3.50. The first-order valence-electron chi connectivity index (χ1n) is 13.1. The standard InChI is InChI=1S/C28H38O6/c1-14-13-20(33-24(30)15(14)2)27(5,31)18-9-8-16-21-17(10-12-25(16,18)3)26(4)19(29)7-6-11-28(26,32)23-22(21)34-23/h6-7,16-18,20-23,31-32H,8-13H2,1-5H3/t16?,17?,18?,20?,21?,22?,23?,25-,26-,27+,28-/m0/s1. The smallest absolute Gasteiger partial charge is 0.334 e. The van der Waals surface area contributed by atoms with E-state index in [1.54, 1.807) is 13.0 Å². The fraction of sp³-hybridized carbons (Fsp3) is 0.786. The molecule has 4 fully saturated rings. The summed E-state index contributed by atoms with van der Waals surface area (Å²) < 4.78 is 12.0. The Morgan fingerprint density at radius 3 is 2.56 bits per heavy atom. The Balaban J connectivity index is 1.33. The molecule has 6 nitrogen and oxygen atoms in total. The maximum Gasteiger partial charge on any atom is 0.334 e. The van der Waals surface area contributed by atoms with Crippen molar-refractivity contribution in [2.75, 3.05) is 0 Å². The van der Waals surface area contributed by atoms with Gasteiger partial charge in [0.15, 0.2) is 5.78 Å². The van der Waals surface area contributed by atoms with Crippen LogP contribution in [-0.2, 0) is 19.1 Å². The third-order valence-electron chi connectivity index (χ3n) is 11.6. The first kappa shape index (κ1) is 22.9. The number of esters is 1. The number of cyclic esters (lactones) is 1. The van der Waals surface area contributed by atoms with Crippen LogP contribution in [0, 0.1) is 34.5 Å². The molecule has 0 radical (unpaired) electrons. The number of ether oxygens (including phenoxy) is 2. The van der Waals surface area contributed by atoms with Crippen molar-refractivity contribution in [3.8, 4) is 0 Å². The fourth-order valence-corrected chi connectivity index (χ4v) is 9.36. The van der Waals surface area contributed by atoms with Crippen molar-refractivity contribution in [2.45, 2.75) is 103 Å². The molecule has 1 saturated heterocycles. The molecule has 7 unspecified atom stereocenters. The summed E-state index contributed by atoms with van der Waals surface area (Å²) in [6, 6.07) is 0. The zero-order valence-corrected chi connectivity index (χ0v) is 21.0. The highest BCUT2D eigenvalue weighted by Gasteiger charge is 2.78. The average molecular weight is 471 g/mol. The van der Waals surface area contributed by atoms with E-state index in [4.69, 9.17) is 9.47 Å². The molecular formula is C28H38O6. The predicted molar refractivity (Wildman–Crippen MR) is 125 cm³/mol. The Bertz CT molecular complexity index is 1030. The van der Waals surface area contributed by atoms with Gasteiger partial charge in [0.2, 0.25) is 0 Å². The summed E-state index contributed by atoms with van der Waals surface area (Å²) >= 11 is 0. The van der Waals surface area contributed by atoms with E-state index in [-0.39, 0.29) is 47.1 Å². The van der Waals surface area contributed by atoms with E-state index in [2.05, 4.69) is 6.92 Å². The van der Waals surface area contributed by atoms with Gasteiger partial charge in [0.25, 0.3) is 0 Å². The monoisotopic (exact) mass is 470 g/mol. The molecule has 2 aliphatic heterocycles. The highest BCUT2D eigenvalue weighted by Crippen LogP contribution is 2.72.